The highest BCUT2D eigenvalue weighted by Gasteiger charge is 2.23. The van der Waals surface area contributed by atoms with Crippen molar-refractivity contribution in [1.29, 1.82) is 0 Å². The maximum absolute atomic E-state index is 11.2. The first-order valence-corrected chi connectivity index (χ1v) is 3.67. The standard InChI is InChI=1S/C10H6O2/c11-8-5-1-3-7-4-2-6-9(12)10(7)8/h1-6H/p+1. The van der Waals surface area contributed by atoms with Crippen LogP contribution in [0.15, 0.2) is 30.4 Å². The molecule has 0 radical (unpaired) electrons. The van der Waals surface area contributed by atoms with Crippen LogP contribution in [0.1, 0.15) is 15.9 Å². The highest BCUT2D eigenvalue weighted by Crippen LogP contribution is 2.26. The van der Waals surface area contributed by atoms with Crippen molar-refractivity contribution >= 4 is 5.78 Å². The first-order valence-electron chi connectivity index (χ1n) is 3.67. The Morgan fingerprint density at radius 1 is 1.33 bits per heavy atom. The zero-order valence-corrected chi connectivity index (χ0v) is 6.32. The van der Waals surface area contributed by atoms with Crippen molar-refractivity contribution in [2.24, 2.45) is 0 Å². The van der Waals surface area contributed by atoms with Gasteiger partial charge in [0.15, 0.2) is 11.3 Å². The maximum Gasteiger partial charge on any atom is 0.271 e. The average Bonchev–Trinajstić information content (AvgIpc) is 2.04. The Balaban J connectivity index is 2.66. The normalized spacial score (nSPS) is 13.8. The number of carbonyl (C=O) groups is 1. The topological polar surface area (TPSA) is 37.3 Å². The fourth-order valence-electron chi connectivity index (χ4n) is 1.29. The molecule has 2 heteroatoms. The minimum atomic E-state index is -0.134. The van der Waals surface area contributed by atoms with Crippen LogP contribution in [0.4, 0.5) is 0 Å². The molecule has 12 heavy (non-hydrogen) atoms. The van der Waals surface area contributed by atoms with Crippen LogP contribution in [0.25, 0.3) is 0 Å². The number of aromatic hydroxyl groups is 1. The van der Waals surface area contributed by atoms with Crippen molar-refractivity contribution in [2.75, 3.05) is 0 Å². The Morgan fingerprint density at radius 3 is 2.92 bits per heavy atom. The molecule has 1 N–H and O–H groups in total. The first kappa shape index (κ1) is 6.98. The highest BCUT2D eigenvalue weighted by molar-refractivity contribution is 6.09. The third-order valence-electron chi connectivity index (χ3n) is 1.84. The third kappa shape index (κ3) is 0.889. The first-order chi connectivity index (χ1) is 5.79. The summed E-state index contributed by atoms with van der Waals surface area (Å²) in [7, 11) is 0. The molecule has 0 heterocycles. The molecule has 0 spiro atoms. The van der Waals surface area contributed by atoms with E-state index in [9.17, 15) is 9.90 Å². The number of fused-ring (bicyclic) bond motifs is 1. The maximum atomic E-state index is 11.2. The van der Waals surface area contributed by atoms with E-state index in [1.165, 1.54) is 12.1 Å². The number of hydrogen-bond acceptors (Lipinski definition) is 2. The van der Waals surface area contributed by atoms with E-state index in [2.05, 4.69) is 0 Å². The van der Waals surface area contributed by atoms with Gasteiger partial charge in [-0.25, -0.2) is 0 Å². The lowest BCUT2D eigenvalue weighted by Gasteiger charge is -2.02. The van der Waals surface area contributed by atoms with Crippen LogP contribution in [0.2, 0.25) is 0 Å². The van der Waals surface area contributed by atoms with E-state index >= 15 is 0 Å². The minimum absolute atomic E-state index is 0.0538. The molecule has 2 nitrogen and oxygen atoms in total. The van der Waals surface area contributed by atoms with Gasteiger partial charge >= 0.3 is 0 Å². The van der Waals surface area contributed by atoms with Gasteiger partial charge in [-0.1, -0.05) is 0 Å². The van der Waals surface area contributed by atoms with Gasteiger partial charge in [0.1, 0.15) is 5.56 Å². The van der Waals surface area contributed by atoms with Gasteiger partial charge in [0.2, 0.25) is 0 Å². The van der Waals surface area contributed by atoms with Gasteiger partial charge in [0, 0.05) is 24.6 Å². The predicted octanol–water partition coefficient (Wildman–Crippen LogP) is 1.70. The van der Waals surface area contributed by atoms with Gasteiger partial charge in [-0.15, -0.1) is 0 Å². The lowest BCUT2D eigenvalue weighted by Crippen LogP contribution is -2.03. The number of carbonyl (C=O) groups excluding carboxylic acids is 1. The Hall–Kier alpha value is -1.70. The van der Waals surface area contributed by atoms with Crippen molar-refractivity contribution in [1.82, 2.24) is 0 Å². The van der Waals surface area contributed by atoms with Crippen LogP contribution in [0.3, 0.4) is 0 Å². The van der Waals surface area contributed by atoms with Gasteiger partial charge in [-0.05, 0) is 6.07 Å². The van der Waals surface area contributed by atoms with Crippen molar-refractivity contribution < 1.29 is 9.90 Å². The molecule has 2 rings (SSSR count). The summed E-state index contributed by atoms with van der Waals surface area (Å²) in [4.78, 5) is 11.2. The summed E-state index contributed by atoms with van der Waals surface area (Å²) in [5, 5.41) is 9.35. The monoisotopic (exact) mass is 159 g/mol. The van der Waals surface area contributed by atoms with Gasteiger partial charge in [0.05, 0.1) is 6.08 Å². The van der Waals surface area contributed by atoms with Gasteiger partial charge in [0.25, 0.3) is 5.78 Å². The van der Waals surface area contributed by atoms with E-state index in [-0.39, 0.29) is 11.5 Å². The number of phenolic OH excluding ortho intramolecular Hbond substituents is 1. The molecule has 1 aromatic rings. The Kier molecular flexibility index (Phi) is 1.40. The quantitative estimate of drug-likeness (QED) is 0.585. The molecule has 1 aliphatic rings. The summed E-state index contributed by atoms with van der Waals surface area (Å²) in [5.41, 5.74) is 1.18. The minimum Gasteiger partial charge on any atom is -0.499 e. The smallest absolute Gasteiger partial charge is 0.271 e. The highest BCUT2D eigenvalue weighted by atomic mass is 16.3. The summed E-state index contributed by atoms with van der Waals surface area (Å²) in [6.45, 7) is 0. The van der Waals surface area contributed by atoms with Crippen molar-refractivity contribution in [2.45, 2.75) is 0 Å². The molecule has 58 valence electrons. The van der Waals surface area contributed by atoms with Crippen LogP contribution in [-0.4, -0.2) is 10.9 Å². The van der Waals surface area contributed by atoms with Gasteiger partial charge in [-0.3, -0.25) is 4.79 Å². The Morgan fingerprint density at radius 2 is 2.17 bits per heavy atom. The number of allylic oxidation sites excluding steroid dienone is 2. The van der Waals surface area contributed by atoms with Gasteiger partial charge in [-0.2, -0.15) is 0 Å². The molecule has 0 bridgehead atoms. The SMILES string of the molecule is O=C1C=C[CH+]c2cccc(O)c21. The molecular formula is C10H7O2+. The van der Waals surface area contributed by atoms with Crippen LogP contribution in [0, 0.1) is 6.42 Å². The summed E-state index contributed by atoms with van der Waals surface area (Å²) >= 11 is 0. The average molecular weight is 159 g/mol. The van der Waals surface area contributed by atoms with E-state index in [1.54, 1.807) is 24.6 Å². The molecule has 0 aliphatic heterocycles. The van der Waals surface area contributed by atoms with E-state index in [0.717, 1.165) is 5.56 Å². The fraction of sp³-hybridized carbons (Fsp3) is 0. The van der Waals surface area contributed by atoms with Crippen LogP contribution < -0.4 is 0 Å². The second kappa shape index (κ2) is 2.41. The summed E-state index contributed by atoms with van der Waals surface area (Å²) in [5.74, 6) is -0.0799. The fourth-order valence-corrected chi connectivity index (χ4v) is 1.29. The largest absolute Gasteiger partial charge is 0.499 e. The molecule has 0 saturated carbocycles. The van der Waals surface area contributed by atoms with Crippen molar-refractivity contribution in [3.8, 4) is 5.75 Å². The van der Waals surface area contributed by atoms with Crippen LogP contribution >= 0.6 is 0 Å². The van der Waals surface area contributed by atoms with Crippen LogP contribution in [-0.2, 0) is 0 Å². The molecular weight excluding hydrogens is 152 g/mol. The molecule has 1 aromatic carbocycles. The van der Waals surface area contributed by atoms with Gasteiger partial charge < -0.3 is 5.11 Å². The lowest BCUT2D eigenvalue weighted by molar-refractivity contribution is 0.104. The molecule has 1 aliphatic carbocycles. The number of hydrogen-bond donors (Lipinski definition) is 1. The summed E-state index contributed by atoms with van der Waals surface area (Å²) in [6.07, 6.45) is 4.93. The molecule has 0 aromatic heterocycles. The van der Waals surface area contributed by atoms with E-state index in [1.807, 2.05) is 0 Å². The van der Waals surface area contributed by atoms with E-state index in [0.29, 0.717) is 5.56 Å². The second-order valence-corrected chi connectivity index (χ2v) is 2.63. The number of benzene rings is 1. The zero-order valence-electron chi connectivity index (χ0n) is 6.32. The summed E-state index contributed by atoms with van der Waals surface area (Å²) < 4.78 is 0. The molecule has 0 atom stereocenters. The van der Waals surface area contributed by atoms with E-state index in [4.69, 9.17) is 0 Å². The van der Waals surface area contributed by atoms with Crippen molar-refractivity contribution in [3.63, 3.8) is 0 Å². The summed E-state index contributed by atoms with van der Waals surface area (Å²) in [6, 6.07) is 5.04. The number of ketones is 1. The second-order valence-electron chi connectivity index (χ2n) is 2.63. The van der Waals surface area contributed by atoms with Crippen molar-refractivity contribution in [3.05, 3.63) is 47.9 Å². The molecule has 0 saturated heterocycles. The third-order valence-corrected chi connectivity index (χ3v) is 1.84. The Bertz CT molecular complexity index is 364. The number of phenols is 1. The molecule has 0 unspecified atom stereocenters. The zero-order chi connectivity index (χ0) is 8.55. The predicted molar refractivity (Wildman–Crippen MR) is 45.0 cm³/mol. The number of rotatable bonds is 0. The molecule has 0 amide bonds. The Labute approximate surface area is 70.2 Å². The van der Waals surface area contributed by atoms with Crippen LogP contribution in [0.5, 0.6) is 5.75 Å². The van der Waals surface area contributed by atoms with E-state index < -0.39 is 0 Å². The lowest BCUT2D eigenvalue weighted by atomic mass is 9.95. The molecule has 0 fully saturated rings.